The van der Waals surface area contributed by atoms with Crippen molar-refractivity contribution in [2.45, 2.75) is 200 Å². The second-order valence-corrected chi connectivity index (χ2v) is 19.5. The Balaban J connectivity index is 1.27. The molecular weight excluding hydrogens is 1010 g/mol. The van der Waals surface area contributed by atoms with E-state index in [0.29, 0.717) is 0 Å². The van der Waals surface area contributed by atoms with Crippen LogP contribution in [0, 0.1) is 5.92 Å². The molecule has 30 nitrogen and oxygen atoms in total. The Bertz CT molecular complexity index is 1900. The number of aliphatic hydroxyl groups is 10. The van der Waals surface area contributed by atoms with Gasteiger partial charge in [-0.25, -0.2) is 0 Å². The third-order valence-electron chi connectivity index (χ3n) is 13.8. The number of ether oxygens (including phenoxy) is 8. The highest BCUT2D eigenvalue weighted by Gasteiger charge is 2.58. The minimum atomic E-state index is -2.10. The summed E-state index contributed by atoms with van der Waals surface area (Å²) in [7, 11) is 2.28. The number of methoxy groups -OCH3 is 2. The molecule has 4 aliphatic heterocycles. The quantitative estimate of drug-likeness (QED) is 0.0358. The fraction of sp³-hybridized carbons (Fsp3) is 0.867. The Morgan fingerprint density at radius 3 is 1.33 bits per heavy atom. The minimum Gasteiger partial charge on any atom is -0.481 e. The maximum Gasteiger partial charge on any atom is 0.306 e. The number of unbranched alkanes of at least 4 members (excludes halogenated alkanes) is 2. The van der Waals surface area contributed by atoms with E-state index in [0.717, 1.165) is 41.9 Å². The van der Waals surface area contributed by atoms with E-state index in [1.54, 1.807) is 0 Å². The number of aliphatic carboxylic acids is 1. The topological polar surface area (TPSA) is 473 Å². The van der Waals surface area contributed by atoms with E-state index in [4.69, 9.17) is 43.6 Å². The molecule has 0 radical (unpaired) electrons. The number of amides is 4. The third kappa shape index (κ3) is 15.7. The molecular formula is C45H77N5O25. The van der Waals surface area contributed by atoms with Gasteiger partial charge in [0.05, 0.1) is 25.2 Å². The molecule has 4 aliphatic rings. The summed E-state index contributed by atoms with van der Waals surface area (Å²) in [5.41, 5.74) is 1.95. The van der Waals surface area contributed by atoms with Gasteiger partial charge in [-0.15, -0.1) is 0 Å². The monoisotopic (exact) mass is 1090 g/mol. The Morgan fingerprint density at radius 1 is 0.600 bits per heavy atom. The van der Waals surface area contributed by atoms with Crippen molar-refractivity contribution in [2.24, 2.45) is 11.7 Å². The average Bonchev–Trinajstić information content (AvgIpc) is 3.35. The zero-order chi connectivity index (χ0) is 56.3. The number of nitrogens with one attached hydrogen (secondary N) is 4. The first kappa shape index (κ1) is 63.8. The van der Waals surface area contributed by atoms with Crippen molar-refractivity contribution in [3.63, 3.8) is 0 Å². The van der Waals surface area contributed by atoms with Gasteiger partial charge < -0.3 is 121 Å². The second kappa shape index (κ2) is 28.2. The Morgan fingerprint density at radius 2 is 0.987 bits per heavy atom. The second-order valence-electron chi connectivity index (χ2n) is 19.5. The number of Topliss-reactive ketones (excluding diaryl/α,β-unsaturated/α-hetero) is 1. The lowest BCUT2D eigenvalue weighted by Crippen LogP contribution is -2.71. The molecule has 0 bridgehead atoms. The SMILES string of the molecule is COC1OC(C(=O)NCCCCC(N)C(=O)CC(CCCCNC(=O)C2OC(OC)C(O)C(O)C2OC2OC(CO)C(C)(O)C(O)C2NC(C)=O)C(=O)O)C(OC2OC(CO)C(C)(O)C(O)C2NC(C)=O)C(O)C1O. The van der Waals surface area contributed by atoms with Crippen molar-refractivity contribution in [1.29, 1.82) is 0 Å². The number of aliphatic hydroxyl groups excluding tert-OH is 8. The first-order chi connectivity index (χ1) is 35.2. The molecule has 0 saturated carbocycles. The first-order valence-electron chi connectivity index (χ1n) is 24.5. The van der Waals surface area contributed by atoms with Crippen LogP contribution in [0.2, 0.25) is 0 Å². The van der Waals surface area contributed by atoms with Crippen LogP contribution in [0.3, 0.4) is 0 Å². The van der Waals surface area contributed by atoms with Crippen LogP contribution in [-0.2, 0) is 66.7 Å². The lowest BCUT2D eigenvalue weighted by molar-refractivity contribution is -0.347. The number of nitrogens with two attached hydrogens (primary N) is 1. The standard InChI is InChI=1S/C45H77N5O25/c1-18(53)49-25-35(60)44(3,66)23(16-51)70-40(25)72-31-27(56)29(58)42(68-5)74-33(31)37(62)47-13-9-7-11-20(39(64)65)15-22(55)21(46)12-8-10-14-48-38(63)34-32(28(57)30(59)43(69-6)75-34)73-41-26(50-19(2)54)36(61)45(4,67)24(17-52)71-41/h20-21,23-36,40-43,51-52,56-61,66-67H,7-17,46H2,1-6H3,(H,47,62)(H,48,63)(H,49,53)(H,50,54)(H,64,65). The summed E-state index contributed by atoms with van der Waals surface area (Å²) < 4.78 is 44.5. The Hall–Kier alpha value is -3.74. The van der Waals surface area contributed by atoms with Gasteiger partial charge in [-0.1, -0.05) is 6.42 Å². The Labute approximate surface area is 431 Å². The predicted molar refractivity (Wildman–Crippen MR) is 248 cm³/mol. The molecule has 4 saturated heterocycles. The molecule has 4 amide bonds. The van der Waals surface area contributed by atoms with Gasteiger partial charge in [-0.05, 0) is 46.0 Å². The van der Waals surface area contributed by atoms with Crippen LogP contribution in [0.15, 0.2) is 0 Å². The number of carbonyl (C=O) groups excluding carboxylic acids is 5. The van der Waals surface area contributed by atoms with Gasteiger partial charge in [0.2, 0.25) is 11.8 Å². The number of carboxylic acids is 1. The van der Waals surface area contributed by atoms with Gasteiger partial charge >= 0.3 is 5.97 Å². The van der Waals surface area contributed by atoms with E-state index in [9.17, 15) is 84.9 Å². The maximum atomic E-state index is 13.5. The minimum absolute atomic E-state index is 0.00647. The summed E-state index contributed by atoms with van der Waals surface area (Å²) in [4.78, 5) is 76.4. The lowest BCUT2D eigenvalue weighted by Gasteiger charge is -2.50. The summed E-state index contributed by atoms with van der Waals surface area (Å²) in [5.74, 6) is -6.10. The van der Waals surface area contributed by atoms with E-state index in [-0.39, 0.29) is 51.6 Å². The summed E-state index contributed by atoms with van der Waals surface area (Å²) in [6.07, 6.45) is -26.6. The van der Waals surface area contributed by atoms with Crippen LogP contribution in [0.1, 0.15) is 72.6 Å². The van der Waals surface area contributed by atoms with Gasteiger partial charge in [-0.2, -0.15) is 0 Å². The normalized spacial score (nSPS) is 38.9. The highest BCUT2D eigenvalue weighted by atomic mass is 16.7. The van der Waals surface area contributed by atoms with Crippen LogP contribution in [0.25, 0.3) is 0 Å². The van der Waals surface area contributed by atoms with Crippen LogP contribution >= 0.6 is 0 Å². The van der Waals surface area contributed by atoms with E-state index >= 15 is 0 Å². The van der Waals surface area contributed by atoms with Crippen LogP contribution in [0.4, 0.5) is 0 Å². The third-order valence-corrected chi connectivity index (χ3v) is 13.8. The van der Waals surface area contributed by atoms with E-state index in [1.165, 1.54) is 0 Å². The molecule has 17 N–H and O–H groups in total. The smallest absolute Gasteiger partial charge is 0.306 e. The molecule has 0 aliphatic carbocycles. The van der Waals surface area contributed by atoms with Gasteiger partial charge in [0, 0.05) is 47.6 Å². The van der Waals surface area contributed by atoms with Gasteiger partial charge in [0.15, 0.2) is 37.4 Å². The fourth-order valence-corrected chi connectivity index (χ4v) is 9.22. The lowest BCUT2D eigenvalue weighted by atomic mass is 9.84. The molecule has 4 rings (SSSR count). The summed E-state index contributed by atoms with van der Waals surface area (Å²) in [6, 6.07) is -4.08. The van der Waals surface area contributed by atoms with E-state index < -0.39 is 189 Å². The maximum absolute atomic E-state index is 13.5. The van der Waals surface area contributed by atoms with E-state index in [2.05, 4.69) is 21.3 Å². The molecule has 0 aromatic heterocycles. The highest BCUT2D eigenvalue weighted by Crippen LogP contribution is 2.36. The van der Waals surface area contributed by atoms with Gasteiger partial charge in [0.1, 0.15) is 90.1 Å². The highest BCUT2D eigenvalue weighted by molar-refractivity contribution is 5.87. The zero-order valence-electron chi connectivity index (χ0n) is 42.5. The molecule has 30 heteroatoms. The van der Waals surface area contributed by atoms with Crippen molar-refractivity contribution in [3.8, 4) is 0 Å². The van der Waals surface area contributed by atoms with Crippen molar-refractivity contribution >= 4 is 35.4 Å². The van der Waals surface area contributed by atoms with Crippen molar-refractivity contribution in [3.05, 3.63) is 0 Å². The zero-order valence-corrected chi connectivity index (χ0v) is 42.5. The molecule has 22 unspecified atom stereocenters. The van der Waals surface area contributed by atoms with E-state index in [1.807, 2.05) is 0 Å². The summed E-state index contributed by atoms with van der Waals surface area (Å²) >= 11 is 0. The average molecular weight is 1090 g/mol. The van der Waals surface area contributed by atoms with Crippen molar-refractivity contribution < 1.29 is 123 Å². The number of rotatable bonds is 26. The summed E-state index contributed by atoms with van der Waals surface area (Å²) in [6.45, 7) is 2.77. The van der Waals surface area contributed by atoms with Crippen LogP contribution < -0.4 is 27.0 Å². The number of hydrogen-bond acceptors (Lipinski definition) is 25. The largest absolute Gasteiger partial charge is 0.481 e. The molecule has 4 fully saturated rings. The van der Waals surface area contributed by atoms with Crippen molar-refractivity contribution in [2.75, 3.05) is 40.5 Å². The fourth-order valence-electron chi connectivity index (χ4n) is 9.22. The molecule has 75 heavy (non-hydrogen) atoms. The van der Waals surface area contributed by atoms with Crippen LogP contribution in [-0.4, -0.2) is 260 Å². The summed E-state index contributed by atoms with van der Waals surface area (Å²) in [5, 5.41) is 127. The van der Waals surface area contributed by atoms with Gasteiger partial charge in [-0.3, -0.25) is 28.8 Å². The van der Waals surface area contributed by atoms with Crippen LogP contribution in [0.5, 0.6) is 0 Å². The Kier molecular flexibility index (Phi) is 24.0. The number of ketones is 1. The molecule has 4 heterocycles. The number of carboxylic acid groups (broad SMARTS) is 1. The number of hydrogen-bond donors (Lipinski definition) is 16. The molecule has 0 aromatic carbocycles. The predicted octanol–water partition coefficient (Wildman–Crippen LogP) is -7.83. The van der Waals surface area contributed by atoms with Gasteiger partial charge in [0.25, 0.3) is 11.8 Å². The first-order valence-corrected chi connectivity index (χ1v) is 24.5. The molecule has 0 aromatic rings. The number of carbonyl (C=O) groups is 6. The molecule has 22 atom stereocenters. The molecule has 0 spiro atoms. The van der Waals surface area contributed by atoms with Crippen molar-refractivity contribution in [1.82, 2.24) is 21.3 Å². The molecule has 432 valence electrons.